The SMILES string of the molecule is O=C(Nc1ccc(Cl)cc1F)c1ccc([N+](=O)[O-])c(O)c1. The molecule has 8 heteroatoms. The standard InChI is InChI=1S/C13H8ClFN2O4/c14-8-2-3-10(9(15)6-8)16-13(19)7-1-4-11(17(20)21)12(18)5-7/h1-6,18H,(H,16,19). The van der Waals surface area contributed by atoms with E-state index in [1.54, 1.807) is 0 Å². The number of aromatic hydroxyl groups is 1. The van der Waals surface area contributed by atoms with Gasteiger partial charge in [0.25, 0.3) is 5.91 Å². The summed E-state index contributed by atoms with van der Waals surface area (Å²) in [5.74, 6) is -2.09. The van der Waals surface area contributed by atoms with Crippen LogP contribution < -0.4 is 5.32 Å². The van der Waals surface area contributed by atoms with Gasteiger partial charge < -0.3 is 10.4 Å². The smallest absolute Gasteiger partial charge is 0.310 e. The molecule has 2 aromatic carbocycles. The molecule has 0 bridgehead atoms. The predicted molar refractivity (Wildman–Crippen MR) is 74.1 cm³/mol. The molecule has 0 atom stereocenters. The molecule has 21 heavy (non-hydrogen) atoms. The molecule has 0 aromatic heterocycles. The number of hydrogen-bond donors (Lipinski definition) is 2. The van der Waals surface area contributed by atoms with Crippen molar-refractivity contribution in [3.8, 4) is 5.75 Å². The van der Waals surface area contributed by atoms with Crippen LogP contribution in [0.5, 0.6) is 5.75 Å². The Labute approximate surface area is 122 Å². The second-order valence-electron chi connectivity index (χ2n) is 4.04. The summed E-state index contributed by atoms with van der Waals surface area (Å²) in [6.45, 7) is 0. The number of rotatable bonds is 3. The quantitative estimate of drug-likeness (QED) is 0.671. The lowest BCUT2D eigenvalue weighted by molar-refractivity contribution is -0.385. The van der Waals surface area contributed by atoms with Gasteiger partial charge >= 0.3 is 5.69 Å². The summed E-state index contributed by atoms with van der Waals surface area (Å²) >= 11 is 5.59. The number of halogens is 2. The Balaban J connectivity index is 2.24. The van der Waals surface area contributed by atoms with Crippen LogP contribution in [0.1, 0.15) is 10.4 Å². The maximum atomic E-state index is 13.5. The van der Waals surface area contributed by atoms with E-state index in [2.05, 4.69) is 5.32 Å². The summed E-state index contributed by atoms with van der Waals surface area (Å²) < 4.78 is 13.5. The maximum absolute atomic E-state index is 13.5. The normalized spacial score (nSPS) is 10.2. The van der Waals surface area contributed by atoms with Gasteiger partial charge in [0.05, 0.1) is 10.6 Å². The van der Waals surface area contributed by atoms with Crippen LogP contribution in [-0.4, -0.2) is 15.9 Å². The topological polar surface area (TPSA) is 92.5 Å². The Morgan fingerprint density at radius 1 is 1.29 bits per heavy atom. The van der Waals surface area contributed by atoms with Crippen molar-refractivity contribution in [2.24, 2.45) is 0 Å². The molecule has 1 amide bonds. The number of nitro benzene ring substituents is 1. The molecule has 108 valence electrons. The van der Waals surface area contributed by atoms with Crippen LogP contribution in [-0.2, 0) is 0 Å². The molecule has 0 saturated carbocycles. The number of carbonyl (C=O) groups is 1. The molecule has 0 radical (unpaired) electrons. The van der Waals surface area contributed by atoms with Crippen LogP contribution in [0.4, 0.5) is 15.8 Å². The molecule has 0 saturated heterocycles. The minimum Gasteiger partial charge on any atom is -0.502 e. The van der Waals surface area contributed by atoms with E-state index in [-0.39, 0.29) is 16.3 Å². The van der Waals surface area contributed by atoms with Crippen molar-refractivity contribution in [2.45, 2.75) is 0 Å². The van der Waals surface area contributed by atoms with Crippen LogP contribution in [0, 0.1) is 15.9 Å². The molecular weight excluding hydrogens is 303 g/mol. The summed E-state index contributed by atoms with van der Waals surface area (Å²) in [6.07, 6.45) is 0. The van der Waals surface area contributed by atoms with Gasteiger partial charge in [-0.3, -0.25) is 14.9 Å². The number of phenols is 1. The molecule has 0 aliphatic carbocycles. The highest BCUT2D eigenvalue weighted by Crippen LogP contribution is 2.27. The Kier molecular flexibility index (Phi) is 4.04. The first-order chi connectivity index (χ1) is 9.88. The van der Waals surface area contributed by atoms with E-state index < -0.39 is 28.1 Å². The van der Waals surface area contributed by atoms with E-state index >= 15 is 0 Å². The zero-order valence-electron chi connectivity index (χ0n) is 10.3. The van der Waals surface area contributed by atoms with Gasteiger partial charge in [-0.05, 0) is 30.3 Å². The molecular formula is C13H8ClFN2O4. The van der Waals surface area contributed by atoms with Gasteiger partial charge in [-0.1, -0.05) is 11.6 Å². The average molecular weight is 311 g/mol. The average Bonchev–Trinajstić information content (AvgIpc) is 2.41. The number of benzene rings is 2. The number of nitrogens with one attached hydrogen (secondary N) is 1. The number of nitrogens with zero attached hydrogens (tertiary/aromatic N) is 1. The zero-order valence-corrected chi connectivity index (χ0v) is 11.1. The summed E-state index contributed by atoms with van der Waals surface area (Å²) in [4.78, 5) is 21.7. The van der Waals surface area contributed by atoms with Crippen LogP contribution in [0.3, 0.4) is 0 Å². The van der Waals surface area contributed by atoms with Gasteiger partial charge in [-0.2, -0.15) is 0 Å². The van der Waals surface area contributed by atoms with Crippen LogP contribution in [0.15, 0.2) is 36.4 Å². The first kappa shape index (κ1) is 14.7. The van der Waals surface area contributed by atoms with Gasteiger partial charge in [0.2, 0.25) is 0 Å². The van der Waals surface area contributed by atoms with Crippen molar-refractivity contribution in [1.82, 2.24) is 0 Å². The molecule has 0 heterocycles. The zero-order chi connectivity index (χ0) is 15.6. The van der Waals surface area contributed by atoms with Crippen molar-refractivity contribution in [3.05, 3.63) is 62.9 Å². The summed E-state index contributed by atoms with van der Waals surface area (Å²) in [5.41, 5.74) is -0.668. The van der Waals surface area contributed by atoms with Gasteiger partial charge in [-0.25, -0.2) is 4.39 Å². The van der Waals surface area contributed by atoms with Crippen molar-refractivity contribution >= 4 is 28.9 Å². The van der Waals surface area contributed by atoms with Crippen molar-refractivity contribution < 1.29 is 19.2 Å². The lowest BCUT2D eigenvalue weighted by atomic mass is 10.1. The number of amides is 1. The van der Waals surface area contributed by atoms with E-state index in [1.807, 2.05) is 0 Å². The molecule has 0 unspecified atom stereocenters. The minimum atomic E-state index is -0.782. The first-order valence-corrected chi connectivity index (χ1v) is 6.00. The summed E-state index contributed by atoms with van der Waals surface area (Å²) in [7, 11) is 0. The van der Waals surface area contributed by atoms with Crippen molar-refractivity contribution in [3.63, 3.8) is 0 Å². The Hall–Kier alpha value is -2.67. The fourth-order valence-corrected chi connectivity index (χ4v) is 1.76. The Bertz CT molecular complexity index is 736. The molecule has 0 aliphatic heterocycles. The van der Waals surface area contributed by atoms with Gasteiger partial charge in [0.1, 0.15) is 5.82 Å². The van der Waals surface area contributed by atoms with E-state index in [1.165, 1.54) is 12.1 Å². The highest BCUT2D eigenvalue weighted by molar-refractivity contribution is 6.30. The number of hydrogen-bond acceptors (Lipinski definition) is 4. The van der Waals surface area contributed by atoms with E-state index in [4.69, 9.17) is 11.6 Å². The second kappa shape index (κ2) is 5.76. The summed E-state index contributed by atoms with van der Waals surface area (Å²) in [5, 5.41) is 22.5. The number of nitro groups is 1. The lowest BCUT2D eigenvalue weighted by Crippen LogP contribution is -2.13. The molecule has 6 nitrogen and oxygen atoms in total. The van der Waals surface area contributed by atoms with Gasteiger partial charge in [0.15, 0.2) is 5.75 Å². The third kappa shape index (κ3) is 3.26. The van der Waals surface area contributed by atoms with E-state index in [0.29, 0.717) is 0 Å². The molecule has 0 aliphatic rings. The Morgan fingerprint density at radius 3 is 2.57 bits per heavy atom. The monoisotopic (exact) mass is 310 g/mol. The number of anilines is 1. The Morgan fingerprint density at radius 2 is 2.00 bits per heavy atom. The van der Waals surface area contributed by atoms with Crippen molar-refractivity contribution in [1.29, 1.82) is 0 Å². The largest absolute Gasteiger partial charge is 0.502 e. The van der Waals surface area contributed by atoms with E-state index in [0.717, 1.165) is 24.3 Å². The van der Waals surface area contributed by atoms with Gasteiger partial charge in [-0.15, -0.1) is 0 Å². The van der Waals surface area contributed by atoms with Crippen LogP contribution in [0.25, 0.3) is 0 Å². The molecule has 2 rings (SSSR count). The molecule has 2 aromatic rings. The number of carbonyl (C=O) groups excluding carboxylic acids is 1. The fourth-order valence-electron chi connectivity index (χ4n) is 1.60. The fraction of sp³-hybridized carbons (Fsp3) is 0. The minimum absolute atomic E-state index is 0.0487. The number of phenolic OH excluding ortho intramolecular Hbond substituents is 1. The predicted octanol–water partition coefficient (Wildman–Crippen LogP) is 3.35. The molecule has 2 N–H and O–H groups in total. The first-order valence-electron chi connectivity index (χ1n) is 5.62. The summed E-state index contributed by atoms with van der Waals surface area (Å²) in [6, 6.07) is 6.78. The molecule has 0 fully saturated rings. The lowest BCUT2D eigenvalue weighted by Gasteiger charge is -2.07. The van der Waals surface area contributed by atoms with Crippen LogP contribution >= 0.6 is 11.6 Å². The highest BCUT2D eigenvalue weighted by atomic mass is 35.5. The van der Waals surface area contributed by atoms with Crippen molar-refractivity contribution in [2.75, 3.05) is 5.32 Å². The van der Waals surface area contributed by atoms with E-state index in [9.17, 15) is 24.4 Å². The van der Waals surface area contributed by atoms with Crippen LogP contribution in [0.2, 0.25) is 5.02 Å². The maximum Gasteiger partial charge on any atom is 0.310 e. The third-order valence-electron chi connectivity index (χ3n) is 2.61. The highest BCUT2D eigenvalue weighted by Gasteiger charge is 2.17. The molecule has 0 spiro atoms. The third-order valence-corrected chi connectivity index (χ3v) is 2.85. The second-order valence-corrected chi connectivity index (χ2v) is 4.48. The van der Waals surface area contributed by atoms with Gasteiger partial charge in [0, 0.05) is 16.7 Å².